The second kappa shape index (κ2) is 12.3. The van der Waals surface area contributed by atoms with Crippen LogP contribution in [0.5, 0.6) is 11.5 Å². The van der Waals surface area contributed by atoms with Crippen LogP contribution in [0.3, 0.4) is 0 Å². The highest BCUT2D eigenvalue weighted by Gasteiger charge is 2.29. The van der Waals surface area contributed by atoms with Gasteiger partial charge in [0.05, 0.1) is 16.7 Å². The van der Waals surface area contributed by atoms with Crippen molar-refractivity contribution >= 4 is 17.6 Å². The van der Waals surface area contributed by atoms with Gasteiger partial charge >= 0.3 is 5.97 Å². The van der Waals surface area contributed by atoms with E-state index in [0.717, 1.165) is 12.1 Å². The molecule has 0 aliphatic heterocycles. The first-order chi connectivity index (χ1) is 13.6. The molecule has 0 saturated heterocycles. The molecule has 0 fully saturated rings. The number of halogens is 6. The van der Waals surface area contributed by atoms with Gasteiger partial charge in [-0.3, -0.25) is 0 Å². The van der Waals surface area contributed by atoms with Crippen molar-refractivity contribution in [1.29, 1.82) is 0 Å². The molecule has 2 aromatic rings. The van der Waals surface area contributed by atoms with E-state index in [1.165, 1.54) is 6.07 Å². The molecule has 0 spiro atoms. The average molecular weight is 441 g/mol. The Labute approximate surface area is 171 Å². The Balaban J connectivity index is 0.00000184. The van der Waals surface area contributed by atoms with Gasteiger partial charge in [-0.1, -0.05) is 39.3 Å². The van der Waals surface area contributed by atoms with E-state index in [9.17, 15) is 26.7 Å². The fourth-order valence-corrected chi connectivity index (χ4v) is 2.03. The van der Waals surface area contributed by atoms with Gasteiger partial charge < -0.3 is 9.47 Å². The van der Waals surface area contributed by atoms with Gasteiger partial charge in [0.1, 0.15) is 5.75 Å². The van der Waals surface area contributed by atoms with Crippen LogP contribution in [0.15, 0.2) is 18.2 Å². The molecule has 29 heavy (non-hydrogen) atoms. The van der Waals surface area contributed by atoms with Gasteiger partial charge in [-0.25, -0.2) is 18.0 Å². The molecule has 0 N–H and O–H groups in total. The van der Waals surface area contributed by atoms with Crippen molar-refractivity contribution in [2.75, 3.05) is 0 Å². The van der Waals surface area contributed by atoms with Crippen molar-refractivity contribution in [1.82, 2.24) is 0 Å². The van der Waals surface area contributed by atoms with Crippen molar-refractivity contribution in [2.24, 2.45) is 0 Å². The molecule has 0 bridgehead atoms. The fraction of sp³-hybridized carbons (Fsp3) is 0.350. The second-order valence-corrected chi connectivity index (χ2v) is 5.51. The molecule has 162 valence electrons. The van der Waals surface area contributed by atoms with Crippen LogP contribution in [0.2, 0.25) is 5.02 Å². The predicted octanol–water partition coefficient (Wildman–Crippen LogP) is 7.09. The lowest BCUT2D eigenvalue weighted by Crippen LogP contribution is -2.14. The number of benzene rings is 2. The summed E-state index contributed by atoms with van der Waals surface area (Å²) in [6.45, 7) is 11.5. The summed E-state index contributed by atoms with van der Waals surface area (Å²) in [5.74, 6) is -14.1. The van der Waals surface area contributed by atoms with Crippen molar-refractivity contribution in [3.05, 3.63) is 57.9 Å². The third-order valence-electron chi connectivity index (χ3n) is 2.89. The molecule has 0 unspecified atom stereocenters. The largest absolute Gasteiger partial charge is 0.489 e. The maximum absolute atomic E-state index is 13.5. The molecule has 0 heterocycles. The number of hydrogen-bond acceptors (Lipinski definition) is 3. The minimum atomic E-state index is -2.35. The van der Waals surface area contributed by atoms with E-state index in [4.69, 9.17) is 16.3 Å². The van der Waals surface area contributed by atoms with Crippen LogP contribution in [0, 0.1) is 29.1 Å². The summed E-state index contributed by atoms with van der Waals surface area (Å²) < 4.78 is 75.9. The molecule has 3 nitrogen and oxygen atoms in total. The average Bonchev–Trinajstić information content (AvgIpc) is 2.72. The summed E-state index contributed by atoms with van der Waals surface area (Å²) in [6, 6.07) is 3.54. The van der Waals surface area contributed by atoms with E-state index in [1.54, 1.807) is 13.8 Å². The Morgan fingerprint density at radius 2 is 1.31 bits per heavy atom. The summed E-state index contributed by atoms with van der Waals surface area (Å²) in [4.78, 5) is 11.9. The predicted molar refractivity (Wildman–Crippen MR) is 101 cm³/mol. The van der Waals surface area contributed by atoms with E-state index in [1.807, 2.05) is 27.7 Å². The SMILES string of the molecule is CC.CC.CC(C)Oc1ccc(C(=O)Oc2c(F)c(F)c(F)c(F)c2F)cc1Cl. The van der Waals surface area contributed by atoms with Crippen molar-refractivity contribution < 1.29 is 36.2 Å². The van der Waals surface area contributed by atoms with E-state index in [2.05, 4.69) is 4.74 Å². The standard InChI is InChI=1S/C16H10ClF5O3.2C2H6/c1-6(2)24-9-4-3-7(5-8(9)17)16(23)25-15-13(21)11(19)10(18)12(20)14(15)22;2*1-2/h3-6H,1-2H3;2*1-2H3. The van der Waals surface area contributed by atoms with E-state index >= 15 is 0 Å². The monoisotopic (exact) mass is 440 g/mol. The summed E-state index contributed by atoms with van der Waals surface area (Å²) >= 11 is 5.90. The molecule has 0 aromatic heterocycles. The molecule has 0 radical (unpaired) electrons. The minimum Gasteiger partial charge on any atom is -0.489 e. The molecule has 9 heteroatoms. The number of rotatable bonds is 4. The first kappa shape index (κ1) is 26.6. The van der Waals surface area contributed by atoms with Gasteiger partial charge in [0.25, 0.3) is 0 Å². The van der Waals surface area contributed by atoms with Crippen LogP contribution in [0.4, 0.5) is 22.0 Å². The van der Waals surface area contributed by atoms with E-state index in [0.29, 0.717) is 0 Å². The van der Waals surface area contributed by atoms with E-state index in [-0.39, 0.29) is 22.4 Å². The number of ether oxygens (including phenoxy) is 2. The van der Waals surface area contributed by atoms with Crippen LogP contribution in [-0.4, -0.2) is 12.1 Å². The van der Waals surface area contributed by atoms with Gasteiger partial charge in [0.15, 0.2) is 0 Å². The zero-order valence-corrected chi connectivity index (χ0v) is 17.6. The summed E-state index contributed by atoms with van der Waals surface area (Å²) in [5, 5.41) is 0.000520. The normalized spacial score (nSPS) is 9.83. The molecule has 0 aliphatic rings. The third-order valence-corrected chi connectivity index (χ3v) is 3.19. The Morgan fingerprint density at radius 1 is 0.862 bits per heavy atom. The molecular weight excluding hydrogens is 419 g/mol. The zero-order chi connectivity index (χ0) is 22.9. The second-order valence-electron chi connectivity index (χ2n) is 5.10. The third kappa shape index (κ3) is 6.59. The molecular formula is C20H22ClF5O3. The lowest BCUT2D eigenvalue weighted by Gasteiger charge is -2.12. The maximum Gasteiger partial charge on any atom is 0.343 e. The van der Waals surface area contributed by atoms with Crippen molar-refractivity contribution in [2.45, 2.75) is 47.6 Å². The molecule has 0 aliphatic carbocycles. The lowest BCUT2D eigenvalue weighted by atomic mass is 10.2. The van der Waals surface area contributed by atoms with Gasteiger partial charge in [-0.15, -0.1) is 0 Å². The first-order valence-corrected chi connectivity index (χ1v) is 9.21. The smallest absolute Gasteiger partial charge is 0.343 e. The Kier molecular flexibility index (Phi) is 11.3. The van der Waals surface area contributed by atoms with Crippen molar-refractivity contribution in [3.63, 3.8) is 0 Å². The Morgan fingerprint density at radius 3 is 1.72 bits per heavy atom. The maximum atomic E-state index is 13.5. The number of hydrogen-bond donors (Lipinski definition) is 0. The highest BCUT2D eigenvalue weighted by molar-refractivity contribution is 6.32. The Bertz CT molecular complexity index is 812. The fourth-order valence-electron chi connectivity index (χ4n) is 1.80. The minimum absolute atomic E-state index is 0.000520. The van der Waals surface area contributed by atoms with Gasteiger partial charge in [-0.05, 0) is 32.0 Å². The van der Waals surface area contributed by atoms with Crippen molar-refractivity contribution in [3.8, 4) is 11.5 Å². The zero-order valence-electron chi connectivity index (χ0n) is 16.8. The Hall–Kier alpha value is -2.35. The highest BCUT2D eigenvalue weighted by Crippen LogP contribution is 2.31. The van der Waals surface area contributed by atoms with Crippen LogP contribution >= 0.6 is 11.6 Å². The van der Waals surface area contributed by atoms with Gasteiger partial charge in [-0.2, -0.15) is 8.78 Å². The summed E-state index contributed by atoms with van der Waals surface area (Å²) in [5.41, 5.74) is -0.273. The van der Waals surface area contributed by atoms with Crippen LogP contribution < -0.4 is 9.47 Å². The van der Waals surface area contributed by atoms with Crippen LogP contribution in [0.25, 0.3) is 0 Å². The number of esters is 1. The van der Waals surface area contributed by atoms with Gasteiger partial charge in [0.2, 0.25) is 34.8 Å². The molecule has 2 aromatic carbocycles. The van der Waals surface area contributed by atoms with E-state index < -0.39 is 40.8 Å². The van der Waals surface area contributed by atoms with Crippen LogP contribution in [-0.2, 0) is 0 Å². The molecule has 0 saturated carbocycles. The quantitative estimate of drug-likeness (QED) is 0.167. The lowest BCUT2D eigenvalue weighted by molar-refractivity contribution is 0.0716. The first-order valence-electron chi connectivity index (χ1n) is 8.83. The van der Waals surface area contributed by atoms with Gasteiger partial charge in [0, 0.05) is 0 Å². The molecule has 0 amide bonds. The summed E-state index contributed by atoms with van der Waals surface area (Å²) in [7, 11) is 0. The van der Waals surface area contributed by atoms with Crippen LogP contribution in [0.1, 0.15) is 51.9 Å². The highest BCUT2D eigenvalue weighted by atomic mass is 35.5. The number of carbonyl (C=O) groups is 1. The molecule has 2 rings (SSSR count). The topological polar surface area (TPSA) is 35.5 Å². The molecule has 0 atom stereocenters. The summed E-state index contributed by atoms with van der Waals surface area (Å²) in [6.07, 6.45) is -0.205. The number of carbonyl (C=O) groups excluding carboxylic acids is 1.